The monoisotopic (exact) mass is 2020 g/mol. The van der Waals surface area contributed by atoms with E-state index in [0.717, 1.165) is 227 Å². The molecule has 0 heterocycles. The molecule has 0 spiro atoms. The summed E-state index contributed by atoms with van der Waals surface area (Å²) >= 11 is 0. The predicted octanol–water partition coefficient (Wildman–Crippen LogP) is 12.9. The highest BCUT2D eigenvalue weighted by molar-refractivity contribution is 5.90. The van der Waals surface area contributed by atoms with Crippen LogP contribution >= 0.6 is 0 Å². The first-order valence-electron chi connectivity index (χ1n) is 57.2. The van der Waals surface area contributed by atoms with Crippen LogP contribution in [0.2, 0.25) is 0 Å². The maximum atomic E-state index is 13.5. The molecule has 3 aromatic rings. The van der Waals surface area contributed by atoms with Gasteiger partial charge in [0, 0.05) is 0 Å². The second-order valence-electron chi connectivity index (χ2n) is 46.5. The summed E-state index contributed by atoms with van der Waals surface area (Å²) in [5.41, 5.74) is 0.731. The van der Waals surface area contributed by atoms with Gasteiger partial charge in [0.05, 0.1) is 68.4 Å². The van der Waals surface area contributed by atoms with Crippen LogP contribution < -0.4 is 19.6 Å². The first-order chi connectivity index (χ1) is 70.6. The lowest BCUT2D eigenvalue weighted by atomic mass is 9.49. The van der Waals surface area contributed by atoms with Gasteiger partial charge in [0.2, 0.25) is 0 Å². The average Bonchev–Trinajstić information content (AvgIpc) is 0.920. The van der Waals surface area contributed by atoms with Gasteiger partial charge in [-0.1, -0.05) is 151 Å². The third kappa shape index (κ3) is 33.6. The second-order valence-corrected chi connectivity index (χ2v) is 46.5. The van der Waals surface area contributed by atoms with Crippen molar-refractivity contribution in [2.45, 2.75) is 289 Å². The standard InChI is InChI=1S/C39H57NO6.C27H45NO6.C27H27NO6.C24H39NO6/c41-34(37-16-25-7-26(17-37)9-27(8-25)18-37)44-4-1-40(2-5-45-35(42)38-19-28-10-29(20-38)12-30(11-28)21-38)3-6-46-36(43)39-22-31-13-32(23-39)15-33(14-31)24-39;2*29-25(22-10-4-1-5-11-22)32-19-16-28(17-20-33-26(30)23-12-6-2-7-13-23)18-21-34-27(31)24-14-8-3-9-15-24;26-22(19-7-1-2-8-19)29-16-13-25(14-17-30-23(27)20-9-3-4-10-20)15-18-31-24(28)21-11-5-6-12-21/h25-33H,1-24H2;22-24H,1-21H2;1-15H,16-21H2;19-21H,1-18H2/p+4. The van der Waals surface area contributed by atoms with Gasteiger partial charge in [-0.2, -0.15) is 0 Å². The quantitative estimate of drug-likeness (QED) is 0.0301. The van der Waals surface area contributed by atoms with E-state index in [0.29, 0.717) is 208 Å². The number of carbonyl (C=O) groups is 12. The van der Waals surface area contributed by atoms with Gasteiger partial charge < -0.3 is 76.4 Å². The third-order valence-electron chi connectivity index (χ3n) is 35.7. The number of carbonyl (C=O) groups excluding carboxylic acids is 12. The van der Waals surface area contributed by atoms with Crippen molar-refractivity contribution >= 4 is 71.6 Å². The van der Waals surface area contributed by atoms with Gasteiger partial charge in [0.25, 0.3) is 0 Å². The van der Waals surface area contributed by atoms with Crippen LogP contribution in [0.25, 0.3) is 0 Å². The summed E-state index contributed by atoms with van der Waals surface area (Å²) in [6.07, 6.45) is 49.2. The Morgan fingerprint density at radius 2 is 0.338 bits per heavy atom. The summed E-state index contributed by atoms with van der Waals surface area (Å²) in [5.74, 6) is 5.18. The van der Waals surface area contributed by atoms with Gasteiger partial charge in [0.15, 0.2) is 0 Å². The van der Waals surface area contributed by atoms with E-state index in [2.05, 4.69) is 0 Å². The van der Waals surface area contributed by atoms with Crippen molar-refractivity contribution in [3.63, 3.8) is 0 Å². The predicted molar refractivity (Wildman–Crippen MR) is 538 cm³/mol. The third-order valence-corrected chi connectivity index (χ3v) is 35.7. The van der Waals surface area contributed by atoms with E-state index in [9.17, 15) is 57.5 Å². The van der Waals surface area contributed by atoms with Crippen LogP contribution in [0.3, 0.4) is 0 Å². The first-order valence-corrected chi connectivity index (χ1v) is 57.2. The fourth-order valence-electron chi connectivity index (χ4n) is 28.7. The van der Waals surface area contributed by atoms with Crippen molar-refractivity contribution < 1.29 is 134 Å². The molecule has 0 atom stereocenters. The molecule has 0 aromatic heterocycles. The highest BCUT2D eigenvalue weighted by Gasteiger charge is 2.59. The molecule has 0 unspecified atom stereocenters. The Morgan fingerprint density at radius 3 is 0.503 bits per heavy atom. The van der Waals surface area contributed by atoms with Gasteiger partial charge in [-0.15, -0.1) is 0 Å². The lowest BCUT2D eigenvalue weighted by molar-refractivity contribution is -0.900. The van der Waals surface area contributed by atoms with Gasteiger partial charge in [-0.3, -0.25) is 43.2 Å². The number of benzene rings is 3. The second kappa shape index (κ2) is 56.7. The summed E-state index contributed by atoms with van der Waals surface area (Å²) in [6, 6.07) is 26.3. The number of hydrogen-bond donors (Lipinski definition) is 4. The summed E-state index contributed by atoms with van der Waals surface area (Å²) in [4.78, 5) is 155. The molecule has 18 fully saturated rings. The molecule has 0 aliphatic heterocycles. The van der Waals surface area contributed by atoms with Crippen molar-refractivity contribution in [2.24, 2.45) is 105 Å². The van der Waals surface area contributed by atoms with Crippen LogP contribution in [-0.4, -0.2) is 229 Å². The molecule has 145 heavy (non-hydrogen) atoms. The summed E-state index contributed by atoms with van der Waals surface area (Å²) in [7, 11) is 0. The average molecular weight is 2020 g/mol. The molecule has 18 aliphatic rings. The smallest absolute Gasteiger partial charge is 0.338 e. The van der Waals surface area contributed by atoms with Gasteiger partial charge in [-0.05, 0) is 282 Å². The molecule has 12 bridgehead atoms. The van der Waals surface area contributed by atoms with Crippen LogP contribution in [-0.2, 0) is 100.0 Å². The molecule has 28 heteroatoms. The molecular formula is C117H172N4O24+4. The Kier molecular flexibility index (Phi) is 43.1. The molecule has 0 amide bonds. The molecular weight excluding hydrogens is 1850 g/mol. The number of rotatable bonds is 48. The zero-order valence-corrected chi connectivity index (χ0v) is 86.9. The molecule has 0 saturated heterocycles. The van der Waals surface area contributed by atoms with E-state index in [4.69, 9.17) is 56.8 Å². The largest absolute Gasteiger partial charge is 0.459 e. The topological polar surface area (TPSA) is 333 Å². The van der Waals surface area contributed by atoms with Crippen molar-refractivity contribution in [1.29, 1.82) is 0 Å². The van der Waals surface area contributed by atoms with Gasteiger partial charge >= 0.3 is 71.6 Å². The molecule has 3 aromatic carbocycles. The summed E-state index contributed by atoms with van der Waals surface area (Å²) in [5, 5.41) is 0. The van der Waals surface area contributed by atoms with Crippen molar-refractivity contribution in [3.8, 4) is 0 Å². The van der Waals surface area contributed by atoms with E-state index >= 15 is 0 Å². The Balaban J connectivity index is 0.000000147. The van der Waals surface area contributed by atoms with Crippen LogP contribution in [0.4, 0.5) is 0 Å². The fraction of sp³-hybridized carbons (Fsp3) is 0.744. The number of quaternary nitrogens is 4. The number of nitrogens with one attached hydrogen (secondary N) is 4. The van der Waals surface area contributed by atoms with E-state index in [-0.39, 0.29) is 125 Å². The van der Waals surface area contributed by atoms with E-state index in [1.54, 1.807) is 72.8 Å². The van der Waals surface area contributed by atoms with Crippen molar-refractivity contribution in [2.75, 3.05) is 158 Å². The Morgan fingerprint density at radius 1 is 0.193 bits per heavy atom. The van der Waals surface area contributed by atoms with E-state index in [1.165, 1.54) is 81.9 Å². The maximum Gasteiger partial charge on any atom is 0.338 e. The minimum atomic E-state index is -0.397. The van der Waals surface area contributed by atoms with Crippen LogP contribution in [0, 0.1) is 105 Å². The fourth-order valence-corrected chi connectivity index (χ4v) is 28.7. The normalized spacial score (nSPS) is 26.8. The zero-order valence-electron chi connectivity index (χ0n) is 86.9. The lowest BCUT2D eigenvalue weighted by Crippen LogP contribution is -3.13. The molecule has 0 radical (unpaired) electrons. The van der Waals surface area contributed by atoms with Crippen LogP contribution in [0.15, 0.2) is 91.0 Å². The van der Waals surface area contributed by atoms with Crippen LogP contribution in [0.1, 0.15) is 320 Å². The molecule has 18 saturated carbocycles. The van der Waals surface area contributed by atoms with Gasteiger partial charge in [-0.25, -0.2) is 14.4 Å². The maximum absolute atomic E-state index is 13.5. The molecule has 800 valence electrons. The van der Waals surface area contributed by atoms with Gasteiger partial charge in [0.1, 0.15) is 158 Å². The lowest BCUT2D eigenvalue weighted by Gasteiger charge is -2.55. The highest BCUT2D eigenvalue weighted by atomic mass is 16.6. The van der Waals surface area contributed by atoms with E-state index < -0.39 is 17.9 Å². The minimum absolute atomic E-state index is 0.0347. The molecule has 28 nitrogen and oxygen atoms in total. The molecule has 18 aliphatic carbocycles. The number of hydrogen-bond acceptors (Lipinski definition) is 24. The Hall–Kier alpha value is -8.86. The Bertz CT molecular complexity index is 4010. The van der Waals surface area contributed by atoms with Crippen molar-refractivity contribution in [1.82, 2.24) is 0 Å². The summed E-state index contributed by atoms with van der Waals surface area (Å²) in [6.45, 7) is 10.9. The highest BCUT2D eigenvalue weighted by Crippen LogP contribution is 2.63. The minimum Gasteiger partial charge on any atom is -0.459 e. The molecule has 21 rings (SSSR count). The van der Waals surface area contributed by atoms with Crippen molar-refractivity contribution in [3.05, 3.63) is 108 Å². The van der Waals surface area contributed by atoms with Crippen LogP contribution in [0.5, 0.6) is 0 Å². The number of esters is 12. The Labute approximate surface area is 860 Å². The molecule has 4 N–H and O–H groups in total. The SMILES string of the molecule is O=C(OCC[NH+](CCOC(=O)C12CC3CC(CC(C3)C1)C2)CCOC(=O)C12CC3CC(CC(C3)C1)C2)C12CC3CC(CC(C3)C1)C2.O=C(OCC[NH+](CCOC(=O)C1CCCC1)CCOC(=O)C1CCCC1)C1CCCC1.O=C(OCC[NH+](CCOC(=O)C1CCCCC1)CCOC(=O)C1CCCCC1)C1CCCCC1.O=C(OCC[NH+](CCOC(=O)c1ccccc1)CCOC(=O)c1ccccc1)c1ccccc1. The zero-order chi connectivity index (χ0) is 101. The van der Waals surface area contributed by atoms with E-state index in [1.807, 2.05) is 18.2 Å². The number of ether oxygens (including phenoxy) is 12. The first kappa shape index (κ1) is 110. The summed E-state index contributed by atoms with van der Waals surface area (Å²) < 4.78 is 67.6.